The Kier molecular flexibility index (Phi) is 6.20. The number of hydrogen-bond acceptors (Lipinski definition) is 6. The van der Waals surface area contributed by atoms with E-state index in [0.717, 1.165) is 11.3 Å². The largest absolute Gasteiger partial charge is 0.319 e. The predicted molar refractivity (Wildman–Crippen MR) is 109 cm³/mol. The summed E-state index contributed by atoms with van der Waals surface area (Å²) in [6.07, 6.45) is 3.08. The van der Waals surface area contributed by atoms with Crippen molar-refractivity contribution in [2.75, 3.05) is 18.9 Å². The molecule has 3 aromatic rings. The molecule has 0 bridgehead atoms. The van der Waals surface area contributed by atoms with Crippen molar-refractivity contribution in [2.45, 2.75) is 13.0 Å². The van der Waals surface area contributed by atoms with Crippen LogP contribution in [0.15, 0.2) is 55.1 Å². The number of nitrogens with one attached hydrogen (secondary N) is 1. The van der Waals surface area contributed by atoms with Gasteiger partial charge in [-0.05, 0) is 43.8 Å². The van der Waals surface area contributed by atoms with Crippen LogP contribution in [0.4, 0.5) is 11.4 Å². The third kappa shape index (κ3) is 4.95. The second kappa shape index (κ2) is 8.80. The van der Waals surface area contributed by atoms with Crippen LogP contribution in [0.25, 0.3) is 5.69 Å². The van der Waals surface area contributed by atoms with E-state index in [-0.39, 0.29) is 34.9 Å². The fraction of sp³-hybridized carbons (Fsp3) is 0.211. The van der Waals surface area contributed by atoms with Crippen LogP contribution >= 0.6 is 11.6 Å². The average molecular weight is 415 g/mol. The predicted octanol–water partition coefficient (Wildman–Crippen LogP) is 3.46. The Labute approximate surface area is 172 Å². The number of rotatable bonds is 7. The van der Waals surface area contributed by atoms with Gasteiger partial charge in [-0.15, -0.1) is 0 Å². The summed E-state index contributed by atoms with van der Waals surface area (Å²) in [6.45, 7) is 2.04. The molecule has 1 unspecified atom stereocenters. The van der Waals surface area contributed by atoms with Crippen molar-refractivity contribution in [3.63, 3.8) is 0 Å². The molecular weight excluding hydrogens is 396 g/mol. The van der Waals surface area contributed by atoms with Crippen LogP contribution in [0.2, 0.25) is 5.02 Å². The number of carbonyl (C=O) groups excluding carboxylic acids is 1. The summed E-state index contributed by atoms with van der Waals surface area (Å²) in [5, 5.41) is 18.1. The topological polar surface area (TPSA) is 106 Å². The molecule has 10 heteroatoms. The molecule has 0 spiro atoms. The highest BCUT2D eigenvalue weighted by Gasteiger charge is 2.19. The Balaban J connectivity index is 1.64. The molecule has 0 aliphatic rings. The molecule has 1 N–H and O–H groups in total. The first-order valence-corrected chi connectivity index (χ1v) is 9.12. The molecule has 29 heavy (non-hydrogen) atoms. The number of amides is 1. The standard InChI is InChI=1S/C19H19ClN6O3/c1-13(14-3-6-16(7-4-14)25-12-21-11-22-25)24(2)10-19(27)23-17-8-5-15(20)9-18(17)26(28)29/h3-9,11-13H,10H2,1-2H3,(H,23,27). The first-order chi connectivity index (χ1) is 13.8. The Hall–Kier alpha value is -3.30. The van der Waals surface area contributed by atoms with Gasteiger partial charge in [-0.25, -0.2) is 9.67 Å². The van der Waals surface area contributed by atoms with Crippen LogP contribution in [0.1, 0.15) is 18.5 Å². The fourth-order valence-electron chi connectivity index (χ4n) is 2.82. The van der Waals surface area contributed by atoms with E-state index in [0.29, 0.717) is 0 Å². The molecule has 150 valence electrons. The van der Waals surface area contributed by atoms with Gasteiger partial charge < -0.3 is 5.32 Å². The van der Waals surface area contributed by atoms with Crippen molar-refractivity contribution < 1.29 is 9.72 Å². The normalized spacial score (nSPS) is 12.0. The van der Waals surface area contributed by atoms with Crippen molar-refractivity contribution in [1.82, 2.24) is 19.7 Å². The Bertz CT molecular complexity index is 1010. The third-order valence-corrected chi connectivity index (χ3v) is 4.78. The maximum absolute atomic E-state index is 12.4. The number of halogens is 1. The number of aromatic nitrogens is 3. The first-order valence-electron chi connectivity index (χ1n) is 8.74. The smallest absolute Gasteiger partial charge is 0.294 e. The van der Waals surface area contributed by atoms with E-state index < -0.39 is 4.92 Å². The molecule has 3 rings (SSSR count). The van der Waals surface area contributed by atoms with E-state index >= 15 is 0 Å². The summed E-state index contributed by atoms with van der Waals surface area (Å²) in [5.74, 6) is -0.357. The van der Waals surface area contributed by atoms with E-state index in [1.54, 1.807) is 11.0 Å². The highest BCUT2D eigenvalue weighted by Crippen LogP contribution is 2.28. The Morgan fingerprint density at radius 2 is 2.03 bits per heavy atom. The van der Waals surface area contributed by atoms with Crippen molar-refractivity contribution in [3.05, 3.63) is 75.8 Å². The number of nitrogens with zero attached hydrogens (tertiary/aromatic N) is 5. The van der Waals surface area contributed by atoms with E-state index in [2.05, 4.69) is 15.4 Å². The minimum atomic E-state index is -0.579. The van der Waals surface area contributed by atoms with Gasteiger partial charge >= 0.3 is 0 Å². The van der Waals surface area contributed by atoms with E-state index in [1.807, 2.05) is 43.1 Å². The molecule has 0 aliphatic carbocycles. The monoisotopic (exact) mass is 414 g/mol. The SMILES string of the molecule is CC(c1ccc(-n2cncn2)cc1)N(C)CC(=O)Nc1ccc(Cl)cc1[N+](=O)[O-]. The molecule has 0 saturated heterocycles. The Morgan fingerprint density at radius 1 is 1.31 bits per heavy atom. The summed E-state index contributed by atoms with van der Waals surface area (Å²) < 4.78 is 1.66. The number of nitro groups is 1. The lowest BCUT2D eigenvalue weighted by Crippen LogP contribution is -2.32. The van der Waals surface area contributed by atoms with Crippen LogP contribution in [0.3, 0.4) is 0 Å². The number of nitro benzene ring substituents is 1. The van der Waals surface area contributed by atoms with Crippen LogP contribution in [0.5, 0.6) is 0 Å². The van der Waals surface area contributed by atoms with Gasteiger partial charge in [-0.3, -0.25) is 19.8 Å². The van der Waals surface area contributed by atoms with Crippen LogP contribution < -0.4 is 5.32 Å². The fourth-order valence-corrected chi connectivity index (χ4v) is 2.98. The zero-order valence-electron chi connectivity index (χ0n) is 15.8. The van der Waals surface area contributed by atoms with Gasteiger partial charge in [0.25, 0.3) is 5.69 Å². The first kappa shape index (κ1) is 20.4. The summed E-state index contributed by atoms with van der Waals surface area (Å²) in [4.78, 5) is 28.8. The maximum Gasteiger partial charge on any atom is 0.294 e. The molecule has 0 radical (unpaired) electrons. The van der Waals surface area contributed by atoms with E-state index in [4.69, 9.17) is 11.6 Å². The van der Waals surface area contributed by atoms with Gasteiger partial charge in [0.05, 0.1) is 17.2 Å². The molecule has 1 amide bonds. The lowest BCUT2D eigenvalue weighted by molar-refractivity contribution is -0.383. The van der Waals surface area contributed by atoms with Crippen molar-refractivity contribution in [1.29, 1.82) is 0 Å². The Morgan fingerprint density at radius 3 is 2.66 bits per heavy atom. The molecule has 0 fully saturated rings. The second-order valence-electron chi connectivity index (χ2n) is 6.49. The highest BCUT2D eigenvalue weighted by atomic mass is 35.5. The van der Waals surface area contributed by atoms with Gasteiger partial charge in [0.2, 0.25) is 5.91 Å². The van der Waals surface area contributed by atoms with Gasteiger partial charge in [-0.1, -0.05) is 23.7 Å². The molecule has 0 saturated carbocycles. The zero-order valence-corrected chi connectivity index (χ0v) is 16.6. The summed E-state index contributed by atoms with van der Waals surface area (Å²) in [5.41, 5.74) is 1.77. The molecule has 9 nitrogen and oxygen atoms in total. The highest BCUT2D eigenvalue weighted by molar-refractivity contribution is 6.31. The van der Waals surface area contributed by atoms with Crippen LogP contribution in [-0.2, 0) is 4.79 Å². The van der Waals surface area contributed by atoms with Crippen molar-refractivity contribution in [2.24, 2.45) is 0 Å². The lowest BCUT2D eigenvalue weighted by Gasteiger charge is -2.24. The number of anilines is 1. The number of likely N-dealkylation sites (N-methyl/N-ethyl adjacent to an activating group) is 1. The molecule has 0 aliphatic heterocycles. The minimum absolute atomic E-state index is 0.0502. The van der Waals surface area contributed by atoms with Crippen LogP contribution in [-0.4, -0.2) is 44.1 Å². The van der Waals surface area contributed by atoms with Gasteiger partial charge in [-0.2, -0.15) is 5.10 Å². The third-order valence-electron chi connectivity index (χ3n) is 4.54. The van der Waals surface area contributed by atoms with Crippen molar-refractivity contribution in [3.8, 4) is 5.69 Å². The van der Waals surface area contributed by atoms with Gasteiger partial charge in [0.15, 0.2) is 0 Å². The van der Waals surface area contributed by atoms with Gasteiger partial charge in [0, 0.05) is 17.1 Å². The number of hydrogen-bond donors (Lipinski definition) is 1. The van der Waals surface area contributed by atoms with Crippen molar-refractivity contribution >= 4 is 28.9 Å². The average Bonchev–Trinajstić information content (AvgIpc) is 3.23. The molecule has 1 heterocycles. The summed E-state index contributed by atoms with van der Waals surface area (Å²) in [6, 6.07) is 11.8. The summed E-state index contributed by atoms with van der Waals surface area (Å²) in [7, 11) is 1.81. The number of benzene rings is 2. The number of carbonyl (C=O) groups is 1. The van der Waals surface area contributed by atoms with Gasteiger partial charge in [0.1, 0.15) is 18.3 Å². The maximum atomic E-state index is 12.4. The molecule has 2 aromatic carbocycles. The minimum Gasteiger partial charge on any atom is -0.319 e. The molecule has 1 aromatic heterocycles. The molecular formula is C19H19ClN6O3. The quantitative estimate of drug-likeness (QED) is 0.468. The van der Waals surface area contributed by atoms with E-state index in [1.165, 1.54) is 24.5 Å². The lowest BCUT2D eigenvalue weighted by atomic mass is 10.1. The van der Waals surface area contributed by atoms with Crippen LogP contribution in [0, 0.1) is 10.1 Å². The zero-order chi connectivity index (χ0) is 21.0. The van der Waals surface area contributed by atoms with E-state index in [9.17, 15) is 14.9 Å². The second-order valence-corrected chi connectivity index (χ2v) is 6.93. The molecule has 1 atom stereocenters. The summed E-state index contributed by atoms with van der Waals surface area (Å²) >= 11 is 5.80.